The van der Waals surface area contributed by atoms with E-state index in [0.717, 1.165) is 6.07 Å². The number of rotatable bonds is 9. The number of nitrogens with two attached hydrogens (primary N) is 1. The van der Waals surface area contributed by atoms with Crippen LogP contribution in [0.3, 0.4) is 0 Å². The largest absolute Gasteiger partial charge is 0.493 e. The Kier molecular flexibility index (Phi) is 8.16. The molecule has 13 nitrogen and oxygen atoms in total. The third kappa shape index (κ3) is 5.71. The molecule has 0 unspecified atom stereocenters. The molecule has 1 aliphatic heterocycles. The molecule has 2 aromatic carbocycles. The molecule has 0 amide bonds. The van der Waals surface area contributed by atoms with E-state index in [1.165, 1.54) is 28.6 Å². The van der Waals surface area contributed by atoms with Crippen molar-refractivity contribution in [1.29, 1.82) is 0 Å². The average molecular weight is 560 g/mol. The summed E-state index contributed by atoms with van der Waals surface area (Å²) in [4.78, 5) is 42.5. The zero-order valence-electron chi connectivity index (χ0n) is 21.5. The van der Waals surface area contributed by atoms with Crippen molar-refractivity contribution in [1.82, 2.24) is 14.3 Å². The quantitative estimate of drug-likeness (QED) is 0.171. The van der Waals surface area contributed by atoms with Crippen LogP contribution >= 0.6 is 0 Å². The molecule has 4 rings (SSSR count). The summed E-state index contributed by atoms with van der Waals surface area (Å²) in [6, 6.07) is 6.57. The number of sulfonamides is 1. The Morgan fingerprint density at radius 3 is 2.59 bits per heavy atom. The van der Waals surface area contributed by atoms with E-state index >= 15 is 0 Å². The number of benzene rings is 2. The predicted octanol–water partition coefficient (Wildman–Crippen LogP) is 2.83. The molecule has 14 heteroatoms. The third-order valence-electron chi connectivity index (χ3n) is 6.43. The van der Waals surface area contributed by atoms with Crippen LogP contribution in [0.4, 0.5) is 11.4 Å². The topological polar surface area (TPSA) is 188 Å². The monoisotopic (exact) mass is 559 g/mol. The van der Waals surface area contributed by atoms with E-state index < -0.39 is 26.2 Å². The van der Waals surface area contributed by atoms with Gasteiger partial charge in [-0.1, -0.05) is 6.92 Å². The van der Waals surface area contributed by atoms with Gasteiger partial charge in [0.1, 0.15) is 17.3 Å². The molecular formula is C25H29N5O8S. The lowest BCUT2D eigenvalue weighted by Gasteiger charge is -2.30. The van der Waals surface area contributed by atoms with Gasteiger partial charge in [-0.25, -0.2) is 13.4 Å². The lowest BCUT2D eigenvalue weighted by Crippen LogP contribution is -2.40. The summed E-state index contributed by atoms with van der Waals surface area (Å²) >= 11 is 0. The molecule has 1 saturated heterocycles. The zero-order valence-corrected chi connectivity index (χ0v) is 22.3. The molecule has 0 bridgehead atoms. The van der Waals surface area contributed by atoms with Gasteiger partial charge in [0.2, 0.25) is 10.0 Å². The minimum Gasteiger partial charge on any atom is -0.493 e. The smallest absolute Gasteiger partial charge is 0.309 e. The number of hydrogen-bond donors (Lipinski definition) is 2. The van der Waals surface area contributed by atoms with E-state index in [2.05, 4.69) is 9.97 Å². The van der Waals surface area contributed by atoms with Gasteiger partial charge in [0.05, 0.1) is 45.4 Å². The molecule has 3 aromatic rings. The fraction of sp³-hybridized carbons (Fsp3) is 0.400. The zero-order chi connectivity index (χ0) is 28.3. The number of esters is 1. The molecule has 1 aliphatic rings. The van der Waals surface area contributed by atoms with Gasteiger partial charge in [-0.15, -0.1) is 0 Å². The highest BCUT2D eigenvalue weighted by Crippen LogP contribution is 2.34. The molecule has 0 spiro atoms. The first-order valence-electron chi connectivity index (χ1n) is 12.5. The van der Waals surface area contributed by atoms with Crippen LogP contribution in [0.15, 0.2) is 40.0 Å². The number of nitrogens with zero attached hydrogens (tertiary/aromatic N) is 3. The van der Waals surface area contributed by atoms with Gasteiger partial charge < -0.3 is 20.2 Å². The Labute approximate surface area is 224 Å². The number of fused-ring (bicyclic) bond motifs is 1. The highest BCUT2D eigenvalue weighted by Gasteiger charge is 2.33. The molecule has 1 fully saturated rings. The second-order valence-electron chi connectivity index (χ2n) is 9.04. The first-order valence-corrected chi connectivity index (χ1v) is 13.9. The van der Waals surface area contributed by atoms with Crippen molar-refractivity contribution in [3.05, 3.63) is 50.8 Å². The summed E-state index contributed by atoms with van der Waals surface area (Å²) in [5.41, 5.74) is 4.88. The minimum atomic E-state index is -3.95. The average Bonchev–Trinajstić information content (AvgIpc) is 2.91. The Morgan fingerprint density at radius 1 is 1.23 bits per heavy atom. The van der Waals surface area contributed by atoms with Crippen LogP contribution in [-0.4, -0.2) is 59.9 Å². The van der Waals surface area contributed by atoms with E-state index in [4.69, 9.17) is 15.2 Å². The second kappa shape index (κ2) is 11.4. The molecule has 0 aliphatic carbocycles. The minimum absolute atomic E-state index is 0.0184. The van der Waals surface area contributed by atoms with Crippen LogP contribution in [0.25, 0.3) is 22.3 Å². The summed E-state index contributed by atoms with van der Waals surface area (Å²) in [6.07, 6.45) is 1.36. The number of nitro groups is 1. The van der Waals surface area contributed by atoms with Gasteiger partial charge in [0.25, 0.3) is 11.2 Å². The van der Waals surface area contributed by atoms with Gasteiger partial charge in [-0.05, 0) is 50.5 Å². The molecule has 2 heterocycles. The Morgan fingerprint density at radius 2 is 1.95 bits per heavy atom. The number of carbonyl (C=O) groups is 1. The number of hydrogen-bond acceptors (Lipinski definition) is 10. The van der Waals surface area contributed by atoms with E-state index in [9.17, 15) is 28.1 Å². The number of ether oxygens (including phenoxy) is 2. The van der Waals surface area contributed by atoms with Crippen LogP contribution in [0.5, 0.6) is 5.75 Å². The fourth-order valence-corrected chi connectivity index (χ4v) is 5.91. The van der Waals surface area contributed by atoms with Gasteiger partial charge in [0, 0.05) is 19.2 Å². The summed E-state index contributed by atoms with van der Waals surface area (Å²) in [7, 11) is -3.95. The van der Waals surface area contributed by atoms with E-state index in [-0.39, 0.29) is 64.5 Å². The van der Waals surface area contributed by atoms with Crippen molar-refractivity contribution in [2.45, 2.75) is 38.0 Å². The number of anilines is 1. The van der Waals surface area contributed by atoms with Crippen LogP contribution in [0.1, 0.15) is 33.1 Å². The van der Waals surface area contributed by atoms with Crippen LogP contribution in [0, 0.1) is 16.0 Å². The van der Waals surface area contributed by atoms with Crippen molar-refractivity contribution in [2.24, 2.45) is 5.92 Å². The van der Waals surface area contributed by atoms with E-state index in [1.54, 1.807) is 6.92 Å². The van der Waals surface area contributed by atoms with Crippen molar-refractivity contribution in [3.8, 4) is 17.1 Å². The number of nitrogens with one attached hydrogen (secondary N) is 1. The maximum atomic E-state index is 13.5. The Hall–Kier alpha value is -4.04. The number of H-pyrrole nitrogens is 1. The lowest BCUT2D eigenvalue weighted by atomic mass is 9.98. The fourth-order valence-electron chi connectivity index (χ4n) is 4.41. The molecule has 0 saturated carbocycles. The SMILES string of the molecule is CCCOc1ccc(S(=O)(=O)N2CCC(C(=O)OCC)CC2)cc1-c1nc2cc(N)c([N+](=O)[O-])cc2c(=O)[nH]1. The normalized spacial score (nSPS) is 14.8. The van der Waals surface area contributed by atoms with Crippen molar-refractivity contribution < 1.29 is 27.6 Å². The molecule has 0 radical (unpaired) electrons. The molecule has 1 aromatic heterocycles. The van der Waals surface area contributed by atoms with Gasteiger partial charge in [-0.3, -0.25) is 19.7 Å². The van der Waals surface area contributed by atoms with Gasteiger partial charge in [-0.2, -0.15) is 4.31 Å². The number of aromatic nitrogens is 2. The summed E-state index contributed by atoms with van der Waals surface area (Å²) in [5, 5.41) is 11.2. The van der Waals surface area contributed by atoms with E-state index in [0.29, 0.717) is 31.6 Å². The van der Waals surface area contributed by atoms with Crippen molar-refractivity contribution in [3.63, 3.8) is 0 Å². The molecule has 0 atom stereocenters. The number of nitro benzene ring substituents is 1. The van der Waals surface area contributed by atoms with Crippen LogP contribution < -0.4 is 16.0 Å². The van der Waals surface area contributed by atoms with Gasteiger partial charge in [0.15, 0.2) is 0 Å². The van der Waals surface area contributed by atoms with Crippen LogP contribution in [-0.2, 0) is 19.6 Å². The first kappa shape index (κ1) is 28.0. The Bertz CT molecular complexity index is 1580. The van der Waals surface area contributed by atoms with Crippen molar-refractivity contribution >= 4 is 38.3 Å². The summed E-state index contributed by atoms with van der Waals surface area (Å²) < 4.78 is 39.2. The van der Waals surface area contributed by atoms with Gasteiger partial charge >= 0.3 is 5.97 Å². The highest BCUT2D eigenvalue weighted by atomic mass is 32.2. The van der Waals surface area contributed by atoms with E-state index in [1.807, 2.05) is 6.92 Å². The predicted molar refractivity (Wildman–Crippen MR) is 143 cm³/mol. The molecule has 208 valence electrons. The second-order valence-corrected chi connectivity index (χ2v) is 11.0. The molecule has 3 N–H and O–H groups in total. The first-order chi connectivity index (χ1) is 18.6. The molecule has 39 heavy (non-hydrogen) atoms. The number of aromatic amines is 1. The lowest BCUT2D eigenvalue weighted by molar-refractivity contribution is -0.383. The van der Waals surface area contributed by atoms with Crippen molar-refractivity contribution in [2.75, 3.05) is 32.0 Å². The summed E-state index contributed by atoms with van der Waals surface area (Å²) in [6.45, 7) is 4.53. The third-order valence-corrected chi connectivity index (χ3v) is 8.32. The summed E-state index contributed by atoms with van der Waals surface area (Å²) in [5.74, 6) is -0.363. The number of carbonyl (C=O) groups excluding carboxylic acids is 1. The standard InChI is InChI=1S/C25H29N5O8S/c1-3-11-38-22-6-5-16(39(35,36)29-9-7-15(8-10-29)25(32)37-4-2)12-18(22)23-27-20-14-19(26)21(30(33)34)13-17(20)24(31)28-23/h5-6,12-15H,3-4,7-11,26H2,1-2H3,(H,27,28,31). The highest BCUT2D eigenvalue weighted by molar-refractivity contribution is 7.89. The maximum Gasteiger partial charge on any atom is 0.309 e. The van der Waals surface area contributed by atoms with Crippen LogP contribution in [0.2, 0.25) is 0 Å². The maximum absolute atomic E-state index is 13.5. The number of nitrogen functional groups attached to an aromatic ring is 1. The number of piperidine rings is 1. The molecular weight excluding hydrogens is 530 g/mol. The Balaban J connectivity index is 1.74.